The summed E-state index contributed by atoms with van der Waals surface area (Å²) >= 11 is 0.509. The lowest BCUT2D eigenvalue weighted by atomic mass is 10.1. The van der Waals surface area contributed by atoms with E-state index in [1.165, 1.54) is 42.2 Å². The van der Waals surface area contributed by atoms with E-state index in [0.29, 0.717) is 79.6 Å². The van der Waals surface area contributed by atoms with E-state index in [9.17, 15) is 44.0 Å². The van der Waals surface area contributed by atoms with E-state index < -0.39 is 45.0 Å². The molecule has 0 aliphatic rings. The van der Waals surface area contributed by atoms with Crippen LogP contribution in [0.15, 0.2) is 141 Å². The predicted molar refractivity (Wildman–Crippen MR) is 253 cm³/mol. The zero-order valence-corrected chi connectivity index (χ0v) is 40.0. The summed E-state index contributed by atoms with van der Waals surface area (Å²) in [7, 11) is -13.1. The molecule has 23 nitrogen and oxygen atoms in total. The first-order valence-electron chi connectivity index (χ1n) is 19.9. The molecule has 0 saturated carbocycles. The Bertz CT molecular complexity index is 3920. The molecule has 0 fully saturated rings. The van der Waals surface area contributed by atoms with Crippen molar-refractivity contribution < 1.29 is 63.4 Å². The molecule has 8 aromatic rings. The zero-order valence-electron chi connectivity index (χ0n) is 36.7. The van der Waals surface area contributed by atoms with Gasteiger partial charge in [-0.1, -0.05) is 11.1 Å². The van der Waals surface area contributed by atoms with Gasteiger partial charge in [0.25, 0.3) is 30.4 Å². The zero-order chi connectivity index (χ0) is 50.4. The number of hydrogen-bond donors (Lipinski definition) is 5. The number of benzene rings is 7. The Kier molecular flexibility index (Phi) is 13.3. The minimum absolute atomic E-state index is 0.0313. The Morgan fingerprint density at radius 1 is 0.571 bits per heavy atom. The number of hydrogen-bond acceptors (Lipinski definition) is 20. The highest BCUT2D eigenvalue weighted by atomic mass is 32.2. The normalized spacial score (nSPS) is 12.8. The first kappa shape index (κ1) is 49.2. The molecule has 5 N–H and O–H groups in total. The van der Waals surface area contributed by atoms with Crippen LogP contribution in [0.4, 0.5) is 34.1 Å². The minimum atomic E-state index is -4.95. The van der Waals surface area contributed by atoms with E-state index in [-0.39, 0.29) is 49.6 Å². The summed E-state index contributed by atoms with van der Waals surface area (Å²) in [5.74, 6) is -0.124. The third-order valence-corrected chi connectivity index (χ3v) is 13.9. The highest BCUT2D eigenvalue weighted by Gasteiger charge is 2.24. The Morgan fingerprint density at radius 2 is 1.13 bits per heavy atom. The summed E-state index contributed by atoms with van der Waals surface area (Å²) < 4.78 is 112. The van der Waals surface area contributed by atoms with Gasteiger partial charge in [-0.15, -0.1) is 24.8 Å². The van der Waals surface area contributed by atoms with Crippen molar-refractivity contribution in [2.75, 3.05) is 7.11 Å². The molecule has 0 aliphatic heterocycles. The SMILES string of the molecule is COc1ccc(N=Nc2cc(C)c(N=Nc3cc(C)c(N=Nc4c(SOOO)cc5cc(-n6nc7ccc8c(S(=O)(=O)O)cc(S(=O)(=O)O)cc8c7n6)ccc5c4O)cc3C)cc2C)c(S(=O)(=O)O)c1. The van der Waals surface area contributed by atoms with Crippen LogP contribution in [-0.2, 0) is 39.7 Å². The van der Waals surface area contributed by atoms with Gasteiger partial charge in [-0.25, -0.2) is 5.26 Å². The smallest absolute Gasteiger partial charge is 0.296 e. The van der Waals surface area contributed by atoms with Crippen molar-refractivity contribution in [2.24, 2.45) is 30.7 Å². The van der Waals surface area contributed by atoms with Gasteiger partial charge < -0.3 is 9.84 Å². The molecule has 1 heterocycles. The summed E-state index contributed by atoms with van der Waals surface area (Å²) in [6, 6.07) is 21.5. The van der Waals surface area contributed by atoms with Gasteiger partial charge in [0.15, 0.2) is 5.75 Å². The molecule has 0 aliphatic carbocycles. The third kappa shape index (κ3) is 10.1. The number of nitrogens with zero attached hydrogens (tertiary/aromatic N) is 9. The van der Waals surface area contributed by atoms with Crippen LogP contribution in [0.1, 0.15) is 22.3 Å². The first-order valence-corrected chi connectivity index (χ1v) is 25.0. The highest BCUT2D eigenvalue weighted by Crippen LogP contribution is 2.45. The number of methoxy groups -OCH3 is 1. The van der Waals surface area contributed by atoms with Crippen LogP contribution in [0, 0.1) is 27.7 Å². The number of phenols is 1. The molecule has 0 amide bonds. The summed E-state index contributed by atoms with van der Waals surface area (Å²) in [4.78, 5) is -0.717. The molecule has 0 saturated heterocycles. The van der Waals surface area contributed by atoms with Gasteiger partial charge in [0.05, 0.1) is 57.4 Å². The number of aromatic nitrogens is 3. The maximum atomic E-state index is 12.2. The number of aryl methyl sites for hydroxylation is 4. The largest absolute Gasteiger partial charge is 0.505 e. The Labute approximate surface area is 401 Å². The van der Waals surface area contributed by atoms with Crippen molar-refractivity contribution in [3.05, 3.63) is 113 Å². The van der Waals surface area contributed by atoms with Gasteiger partial charge >= 0.3 is 0 Å². The summed E-state index contributed by atoms with van der Waals surface area (Å²) in [5.41, 5.74) is 4.92. The van der Waals surface area contributed by atoms with Crippen LogP contribution in [0.3, 0.4) is 0 Å². The van der Waals surface area contributed by atoms with Gasteiger partial charge in [-0.2, -0.15) is 50.5 Å². The van der Waals surface area contributed by atoms with E-state index in [0.717, 1.165) is 12.1 Å². The van der Waals surface area contributed by atoms with E-state index in [1.807, 2.05) is 0 Å². The van der Waals surface area contributed by atoms with Crippen molar-refractivity contribution >= 4 is 109 Å². The molecule has 1 aromatic heterocycles. The maximum Gasteiger partial charge on any atom is 0.296 e. The number of azo groups is 3. The third-order valence-electron chi connectivity index (χ3n) is 10.7. The number of rotatable bonds is 14. The standard InChI is InChI=1S/C43H35N9O14S4/c1-21-13-35(22(2)12-34(21)45-44-32-10-7-27(64-5)18-40(32)70(61,62)63)46-47-36-14-24(4)37(15-23(36)3)48-49-42-38(67-66-65-54)17-25-16-26(6-8-29(25)43(42)53)52-50-33-11-9-30-31(41(33)51-52)19-28(68(55,56)57)20-39(30)69(58,59)60/h6-20,53-54H,1-5H3,(H,55,56,57)(H,58,59,60)(H,61,62,63). The second kappa shape index (κ2) is 19.0. The molecule has 7 aromatic carbocycles. The van der Waals surface area contributed by atoms with E-state index in [2.05, 4.69) is 45.9 Å². The molecular formula is C43H35N9O14S4. The molecular weight excluding hydrogens is 995 g/mol. The van der Waals surface area contributed by atoms with Crippen molar-refractivity contribution in [3.8, 4) is 17.2 Å². The van der Waals surface area contributed by atoms with E-state index >= 15 is 0 Å². The Hall–Kier alpha value is -7.18. The second-order valence-electron chi connectivity index (χ2n) is 15.4. The van der Waals surface area contributed by atoms with Crippen LogP contribution in [0.5, 0.6) is 11.5 Å². The molecule has 0 atom stereocenters. The monoisotopic (exact) mass is 1030 g/mol. The average molecular weight is 1030 g/mol. The van der Waals surface area contributed by atoms with Crippen molar-refractivity contribution in [1.29, 1.82) is 0 Å². The Balaban J connectivity index is 1.07. The van der Waals surface area contributed by atoms with Crippen molar-refractivity contribution in [1.82, 2.24) is 15.0 Å². The minimum Gasteiger partial charge on any atom is -0.505 e. The summed E-state index contributed by atoms with van der Waals surface area (Å²) in [6.45, 7) is 7.12. The molecule has 8 rings (SSSR count). The molecule has 0 unspecified atom stereocenters. The van der Waals surface area contributed by atoms with Gasteiger partial charge in [0.2, 0.25) is 0 Å². The van der Waals surface area contributed by atoms with Crippen LogP contribution in [0.2, 0.25) is 0 Å². The number of aromatic hydroxyl groups is 1. The number of phenolic OH excluding ortho intramolecular Hbond substituents is 1. The first-order chi connectivity index (χ1) is 33.0. The lowest BCUT2D eigenvalue weighted by molar-refractivity contribution is -0.432. The fraction of sp³-hybridized carbons (Fsp3) is 0.116. The molecule has 27 heteroatoms. The highest BCUT2D eigenvalue weighted by molar-refractivity contribution is 7.94. The molecule has 0 radical (unpaired) electrons. The second-order valence-corrected chi connectivity index (χ2v) is 20.3. The van der Waals surface area contributed by atoms with Gasteiger partial charge in [0.1, 0.15) is 37.9 Å². The van der Waals surface area contributed by atoms with Crippen molar-refractivity contribution in [2.45, 2.75) is 47.3 Å². The quantitative estimate of drug-likeness (QED) is 0.0222. The molecule has 0 bridgehead atoms. The van der Waals surface area contributed by atoms with Crippen LogP contribution in [0.25, 0.3) is 38.3 Å². The fourth-order valence-corrected chi connectivity index (χ4v) is 9.61. The number of ether oxygens (including phenoxy) is 1. The summed E-state index contributed by atoms with van der Waals surface area (Å²) in [6.07, 6.45) is 0. The topological polar surface area (TPSA) is 336 Å². The lowest BCUT2D eigenvalue weighted by Crippen LogP contribution is -2.04. The maximum absolute atomic E-state index is 12.2. The van der Waals surface area contributed by atoms with Gasteiger partial charge in [-0.3, -0.25) is 13.7 Å². The van der Waals surface area contributed by atoms with E-state index in [1.54, 1.807) is 70.2 Å². The van der Waals surface area contributed by atoms with Gasteiger partial charge in [0, 0.05) is 22.2 Å². The summed E-state index contributed by atoms with van der Waals surface area (Å²) in [5, 5.41) is 59.8. The van der Waals surface area contributed by atoms with Crippen molar-refractivity contribution in [3.63, 3.8) is 0 Å². The Morgan fingerprint density at radius 3 is 1.67 bits per heavy atom. The van der Waals surface area contributed by atoms with Gasteiger partial charge in [-0.05, 0) is 134 Å². The van der Waals surface area contributed by atoms with Crippen LogP contribution < -0.4 is 4.74 Å². The predicted octanol–water partition coefficient (Wildman–Crippen LogP) is 11.1. The fourth-order valence-electron chi connectivity index (χ4n) is 7.14. The van der Waals surface area contributed by atoms with Crippen LogP contribution in [-0.4, -0.2) is 71.4 Å². The average Bonchev–Trinajstić information content (AvgIpc) is 3.75. The molecule has 360 valence electrons. The molecule has 0 spiro atoms. The van der Waals surface area contributed by atoms with Crippen LogP contribution >= 0.6 is 12.0 Å². The molecule has 70 heavy (non-hydrogen) atoms. The van der Waals surface area contributed by atoms with E-state index in [4.69, 9.17) is 14.3 Å². The number of fused-ring (bicyclic) bond motifs is 4. The lowest BCUT2D eigenvalue weighted by Gasteiger charge is -2.11.